The molecule has 4 aromatic carbocycles. The number of hydrogen-bond acceptors (Lipinski definition) is 4. The molecule has 0 radical (unpaired) electrons. The first-order valence-electron chi connectivity index (χ1n) is 9.58. The molecule has 0 aliphatic heterocycles. The molecule has 0 amide bonds. The highest BCUT2D eigenvalue weighted by atomic mass is 35.5. The summed E-state index contributed by atoms with van der Waals surface area (Å²) >= 11 is 12.5. The van der Waals surface area contributed by atoms with Gasteiger partial charge in [-0.1, -0.05) is 71.2 Å². The van der Waals surface area contributed by atoms with Gasteiger partial charge in [-0.05, 0) is 48.0 Å². The smallest absolute Gasteiger partial charge is 0.261 e. The second-order valence-corrected chi connectivity index (χ2v) is 9.68. The van der Waals surface area contributed by atoms with E-state index in [9.17, 15) is 13.5 Å². The van der Waals surface area contributed by atoms with Gasteiger partial charge in [0.1, 0.15) is 5.75 Å². The molecule has 0 spiro atoms. The predicted molar refractivity (Wildman–Crippen MR) is 131 cm³/mol. The molecule has 0 fully saturated rings. The number of sulfonamides is 1. The van der Waals surface area contributed by atoms with E-state index < -0.39 is 10.0 Å². The van der Waals surface area contributed by atoms with E-state index in [1.54, 1.807) is 18.2 Å². The zero-order valence-corrected chi connectivity index (χ0v) is 19.2. The minimum absolute atomic E-state index is 0.0674. The van der Waals surface area contributed by atoms with Crippen molar-refractivity contribution in [3.8, 4) is 5.75 Å². The molecule has 0 saturated carbocycles. The Labute approximate surface area is 196 Å². The molecule has 4 rings (SSSR count). The van der Waals surface area contributed by atoms with Crippen LogP contribution in [0.4, 0.5) is 11.4 Å². The van der Waals surface area contributed by atoms with Gasteiger partial charge in [0, 0.05) is 11.8 Å². The number of halogens is 2. The molecular formula is C24H18Cl2N2O3S. The largest absolute Gasteiger partial charge is 0.507 e. The minimum atomic E-state index is -3.85. The summed E-state index contributed by atoms with van der Waals surface area (Å²) in [5.41, 5.74) is 1.91. The lowest BCUT2D eigenvalue weighted by Gasteiger charge is -2.12. The van der Waals surface area contributed by atoms with Crippen LogP contribution in [0, 0.1) is 6.92 Å². The number of phenolic OH excluding ortho intramolecular Hbond substituents is 1. The molecule has 8 heteroatoms. The number of nitrogens with zero attached hydrogens (tertiary/aromatic N) is 1. The fourth-order valence-corrected chi connectivity index (χ4v) is 4.80. The molecule has 0 aliphatic rings. The molecule has 32 heavy (non-hydrogen) atoms. The third-order valence-corrected chi connectivity index (χ3v) is 6.89. The van der Waals surface area contributed by atoms with Crippen LogP contribution in [0.1, 0.15) is 11.1 Å². The average molecular weight is 485 g/mol. The maximum atomic E-state index is 12.8. The number of aryl methyl sites for hydroxylation is 1. The van der Waals surface area contributed by atoms with Crippen LogP contribution in [0.2, 0.25) is 10.0 Å². The summed E-state index contributed by atoms with van der Waals surface area (Å²) < 4.78 is 28.0. The van der Waals surface area contributed by atoms with E-state index in [2.05, 4.69) is 9.71 Å². The lowest BCUT2D eigenvalue weighted by Crippen LogP contribution is -2.13. The van der Waals surface area contributed by atoms with E-state index in [1.165, 1.54) is 30.5 Å². The van der Waals surface area contributed by atoms with Gasteiger partial charge in [0.2, 0.25) is 0 Å². The molecule has 0 aliphatic carbocycles. The lowest BCUT2D eigenvalue weighted by atomic mass is 10.0. The number of rotatable bonds is 5. The normalized spacial score (nSPS) is 11.8. The fraction of sp³-hybridized carbons (Fsp3) is 0.0417. The Kier molecular flexibility index (Phi) is 6.11. The third kappa shape index (κ3) is 4.58. The molecule has 0 heterocycles. The van der Waals surface area contributed by atoms with E-state index in [0.717, 1.165) is 16.3 Å². The molecule has 0 saturated heterocycles. The summed E-state index contributed by atoms with van der Waals surface area (Å²) in [7, 11) is -3.85. The van der Waals surface area contributed by atoms with Gasteiger partial charge in [0.15, 0.2) is 0 Å². The number of benzene rings is 4. The van der Waals surface area contributed by atoms with Gasteiger partial charge in [-0.15, -0.1) is 0 Å². The van der Waals surface area contributed by atoms with Gasteiger partial charge in [-0.25, -0.2) is 8.42 Å². The Morgan fingerprint density at radius 1 is 0.938 bits per heavy atom. The highest BCUT2D eigenvalue weighted by Crippen LogP contribution is 2.36. The Bertz CT molecular complexity index is 1450. The topological polar surface area (TPSA) is 78.8 Å². The first-order valence-corrected chi connectivity index (χ1v) is 11.8. The maximum Gasteiger partial charge on any atom is 0.261 e. The van der Waals surface area contributed by atoms with Crippen LogP contribution in [0.25, 0.3) is 10.8 Å². The van der Waals surface area contributed by atoms with E-state index in [-0.39, 0.29) is 26.4 Å². The predicted octanol–water partition coefficient (Wildman–Crippen LogP) is 6.71. The molecule has 0 bridgehead atoms. The maximum absolute atomic E-state index is 12.8. The van der Waals surface area contributed by atoms with E-state index in [1.807, 2.05) is 37.3 Å². The van der Waals surface area contributed by atoms with E-state index in [0.29, 0.717) is 11.3 Å². The number of aromatic hydroxyl groups is 1. The Hall–Kier alpha value is -3.06. The molecule has 0 aromatic heterocycles. The van der Waals surface area contributed by atoms with Crippen LogP contribution in [0.3, 0.4) is 0 Å². The molecule has 162 valence electrons. The van der Waals surface area contributed by atoms with Crippen molar-refractivity contribution in [2.45, 2.75) is 11.8 Å². The lowest BCUT2D eigenvalue weighted by molar-refractivity contribution is 0.475. The van der Waals surface area contributed by atoms with Crippen LogP contribution in [0.5, 0.6) is 5.75 Å². The van der Waals surface area contributed by atoms with Crippen molar-refractivity contribution in [1.29, 1.82) is 0 Å². The Morgan fingerprint density at radius 3 is 2.41 bits per heavy atom. The molecule has 0 unspecified atom stereocenters. The number of aliphatic imine (C=N–C) groups is 1. The van der Waals surface area contributed by atoms with Crippen molar-refractivity contribution >= 4 is 61.6 Å². The summed E-state index contributed by atoms with van der Waals surface area (Å²) in [4.78, 5) is 4.50. The monoisotopic (exact) mass is 484 g/mol. The van der Waals surface area contributed by atoms with Gasteiger partial charge in [-0.2, -0.15) is 0 Å². The standard InChI is InChI=1S/C24H18Cl2N2O3S/c1-15-6-9-17(10-7-15)32(30,31)28-23-13-22(20(25)12-21(23)26)27-14-19-18-5-3-2-4-16(18)8-11-24(19)29/h2-14,28-29H,1H3. The zero-order chi connectivity index (χ0) is 22.9. The van der Waals surface area contributed by atoms with Gasteiger partial charge in [0.05, 0.1) is 26.3 Å². The highest BCUT2D eigenvalue weighted by molar-refractivity contribution is 7.92. The van der Waals surface area contributed by atoms with Crippen LogP contribution in [-0.4, -0.2) is 19.7 Å². The van der Waals surface area contributed by atoms with Gasteiger partial charge in [0.25, 0.3) is 10.0 Å². The summed E-state index contributed by atoms with van der Waals surface area (Å²) in [6, 6.07) is 20.3. The Balaban J connectivity index is 1.71. The molecule has 0 atom stereocenters. The average Bonchev–Trinajstić information content (AvgIpc) is 2.76. The van der Waals surface area contributed by atoms with Crippen LogP contribution < -0.4 is 4.72 Å². The summed E-state index contributed by atoms with van der Waals surface area (Å²) in [5, 5.41) is 12.5. The third-order valence-electron chi connectivity index (χ3n) is 4.89. The van der Waals surface area contributed by atoms with Gasteiger partial charge in [-0.3, -0.25) is 9.71 Å². The second-order valence-electron chi connectivity index (χ2n) is 7.18. The first-order chi connectivity index (χ1) is 15.2. The van der Waals surface area contributed by atoms with Crippen LogP contribution >= 0.6 is 23.2 Å². The number of anilines is 1. The van der Waals surface area contributed by atoms with Gasteiger partial charge < -0.3 is 5.11 Å². The van der Waals surface area contributed by atoms with Crippen LogP contribution in [-0.2, 0) is 10.0 Å². The van der Waals surface area contributed by atoms with Crippen molar-refractivity contribution in [3.63, 3.8) is 0 Å². The second kappa shape index (κ2) is 8.82. The van der Waals surface area contributed by atoms with Gasteiger partial charge >= 0.3 is 0 Å². The number of fused-ring (bicyclic) bond motifs is 1. The molecule has 2 N–H and O–H groups in total. The van der Waals surface area contributed by atoms with Crippen molar-refractivity contribution in [2.75, 3.05) is 4.72 Å². The SMILES string of the molecule is Cc1ccc(S(=O)(=O)Nc2cc(N=Cc3c(O)ccc4ccccc34)c(Cl)cc2Cl)cc1. The molecule has 4 aromatic rings. The molecule has 5 nitrogen and oxygen atoms in total. The van der Waals surface area contributed by atoms with Crippen molar-refractivity contribution < 1.29 is 13.5 Å². The van der Waals surface area contributed by atoms with Crippen LogP contribution in [0.15, 0.2) is 82.7 Å². The number of hydrogen-bond donors (Lipinski definition) is 2. The summed E-state index contributed by atoms with van der Waals surface area (Å²) in [6.45, 7) is 1.87. The molecular weight excluding hydrogens is 467 g/mol. The summed E-state index contributed by atoms with van der Waals surface area (Å²) in [6.07, 6.45) is 1.49. The van der Waals surface area contributed by atoms with E-state index >= 15 is 0 Å². The Morgan fingerprint density at radius 2 is 1.66 bits per heavy atom. The zero-order valence-electron chi connectivity index (χ0n) is 16.9. The van der Waals surface area contributed by atoms with Crippen molar-refractivity contribution in [1.82, 2.24) is 0 Å². The number of nitrogens with one attached hydrogen (secondary N) is 1. The number of phenols is 1. The minimum Gasteiger partial charge on any atom is -0.507 e. The van der Waals surface area contributed by atoms with Crippen molar-refractivity contribution in [3.05, 3.63) is 94.0 Å². The summed E-state index contributed by atoms with van der Waals surface area (Å²) in [5.74, 6) is 0.0674. The quantitative estimate of drug-likeness (QED) is 0.308. The highest BCUT2D eigenvalue weighted by Gasteiger charge is 2.17. The van der Waals surface area contributed by atoms with E-state index in [4.69, 9.17) is 23.2 Å². The first kappa shape index (κ1) is 22.1. The fourth-order valence-electron chi connectivity index (χ4n) is 3.19. The van der Waals surface area contributed by atoms with Crippen molar-refractivity contribution in [2.24, 2.45) is 4.99 Å².